The van der Waals surface area contributed by atoms with Crippen molar-refractivity contribution in [2.75, 3.05) is 0 Å². The Balaban J connectivity index is 3.52. The van der Waals surface area contributed by atoms with Gasteiger partial charge >= 0.3 is 0 Å². The summed E-state index contributed by atoms with van der Waals surface area (Å²) in [4.78, 5) is 0. The molecule has 0 spiro atoms. The third-order valence-corrected chi connectivity index (χ3v) is 7.54. The molecule has 0 nitrogen and oxygen atoms in total. The lowest BCUT2D eigenvalue weighted by atomic mass is 10.0. The van der Waals surface area contributed by atoms with Crippen LogP contribution in [0.3, 0.4) is 0 Å². The molecule has 18 heavy (non-hydrogen) atoms. The molecule has 0 aliphatic heterocycles. The number of hydrogen-bond acceptors (Lipinski definition) is 2. The van der Waals surface area contributed by atoms with Crippen molar-refractivity contribution in [1.82, 2.24) is 0 Å². The van der Waals surface area contributed by atoms with E-state index >= 15 is 0 Å². The van der Waals surface area contributed by atoms with Gasteiger partial charge in [0.25, 0.3) is 0 Å². The van der Waals surface area contributed by atoms with E-state index in [9.17, 15) is 0 Å². The van der Waals surface area contributed by atoms with Crippen LogP contribution >= 0.6 is 56.4 Å². The normalized spacial score (nSPS) is 13.0. The van der Waals surface area contributed by atoms with Gasteiger partial charge in [0.1, 0.15) is 0 Å². The van der Waals surface area contributed by atoms with Crippen LogP contribution in [-0.2, 0) is 0 Å². The average Bonchev–Trinajstić information content (AvgIpc) is 2.25. The molecule has 0 saturated carbocycles. The molecule has 0 aliphatic carbocycles. The second kappa shape index (κ2) is 10.3. The maximum atomic E-state index is 5.74. The van der Waals surface area contributed by atoms with Crippen LogP contribution in [0.15, 0.2) is 0 Å². The second-order valence-corrected chi connectivity index (χ2v) is 11.2. The summed E-state index contributed by atoms with van der Waals surface area (Å²) in [7, 11) is 3.01. The average molecular weight is 352 g/mol. The highest BCUT2D eigenvalue weighted by atomic mass is 35.6. The maximum absolute atomic E-state index is 5.74. The molecular formula is C13H25Cl3S2. The van der Waals surface area contributed by atoms with Crippen LogP contribution < -0.4 is 0 Å². The van der Waals surface area contributed by atoms with Crippen molar-refractivity contribution >= 4 is 56.4 Å². The van der Waals surface area contributed by atoms with E-state index in [1.165, 1.54) is 62.2 Å². The van der Waals surface area contributed by atoms with E-state index < -0.39 is 3.12 Å². The molecule has 0 bridgehead atoms. The Bertz CT molecular complexity index is 203. The van der Waals surface area contributed by atoms with E-state index in [2.05, 4.69) is 20.8 Å². The predicted octanol–water partition coefficient (Wildman–Crippen LogP) is 7.61. The molecule has 0 heterocycles. The van der Waals surface area contributed by atoms with Crippen molar-refractivity contribution in [3.8, 4) is 0 Å². The first-order chi connectivity index (χ1) is 8.27. The Morgan fingerprint density at radius 3 is 1.78 bits per heavy atom. The first-order valence-corrected chi connectivity index (χ1v) is 9.99. The van der Waals surface area contributed by atoms with E-state index in [0.29, 0.717) is 0 Å². The van der Waals surface area contributed by atoms with Crippen molar-refractivity contribution in [1.29, 1.82) is 0 Å². The van der Waals surface area contributed by atoms with Crippen molar-refractivity contribution < 1.29 is 0 Å². The van der Waals surface area contributed by atoms with Gasteiger partial charge in [-0.25, -0.2) is 0 Å². The fraction of sp³-hybridized carbons (Fsp3) is 1.00. The quantitative estimate of drug-likeness (QED) is 0.225. The first-order valence-electron chi connectivity index (χ1n) is 6.70. The van der Waals surface area contributed by atoms with Gasteiger partial charge in [0.05, 0.1) is 0 Å². The van der Waals surface area contributed by atoms with E-state index in [4.69, 9.17) is 34.8 Å². The lowest BCUT2D eigenvalue weighted by Gasteiger charge is -2.24. The second-order valence-electron chi connectivity index (χ2n) is 5.24. The van der Waals surface area contributed by atoms with Crippen molar-refractivity contribution in [3.63, 3.8) is 0 Å². The summed E-state index contributed by atoms with van der Waals surface area (Å²) in [5.74, 6) is 0. The minimum Gasteiger partial charge on any atom is -0.0836 e. The zero-order valence-corrected chi connectivity index (χ0v) is 15.5. The lowest BCUT2D eigenvalue weighted by molar-refractivity contribution is 0.538. The highest BCUT2D eigenvalue weighted by Gasteiger charge is 2.27. The SMILES string of the molecule is CCCCCCCCCC(C)(C)SSC(Cl)(Cl)Cl. The van der Waals surface area contributed by atoms with Crippen LogP contribution in [0.4, 0.5) is 0 Å². The highest BCUT2D eigenvalue weighted by molar-refractivity contribution is 8.78. The van der Waals surface area contributed by atoms with Gasteiger partial charge in [-0.15, -0.1) is 0 Å². The molecule has 0 atom stereocenters. The van der Waals surface area contributed by atoms with Gasteiger partial charge in [-0.2, -0.15) is 0 Å². The number of rotatable bonds is 10. The highest BCUT2D eigenvalue weighted by Crippen LogP contribution is 2.51. The number of halogens is 3. The molecule has 0 rings (SSSR count). The van der Waals surface area contributed by atoms with Crippen LogP contribution in [0.25, 0.3) is 0 Å². The van der Waals surface area contributed by atoms with Crippen molar-refractivity contribution in [2.24, 2.45) is 0 Å². The van der Waals surface area contributed by atoms with E-state index in [0.717, 1.165) is 0 Å². The molecule has 0 aromatic heterocycles. The Morgan fingerprint density at radius 1 is 0.778 bits per heavy atom. The maximum Gasteiger partial charge on any atom is 0.247 e. The largest absolute Gasteiger partial charge is 0.247 e. The molecular weight excluding hydrogens is 327 g/mol. The Labute approximate surface area is 136 Å². The molecule has 0 aromatic carbocycles. The molecule has 0 amide bonds. The van der Waals surface area contributed by atoms with Crippen LogP contribution in [0, 0.1) is 0 Å². The Hall–Kier alpha value is 1.57. The molecule has 0 aromatic rings. The summed E-state index contributed by atoms with van der Waals surface area (Å²) >= 11 is 17.2. The Morgan fingerprint density at radius 2 is 1.28 bits per heavy atom. The van der Waals surface area contributed by atoms with E-state index in [1.807, 2.05) is 0 Å². The standard InChI is InChI=1S/C13H25Cl3S2/c1-4-5-6-7-8-9-10-11-12(2,3)17-18-13(14,15)16/h4-11H2,1-3H3. The van der Waals surface area contributed by atoms with Gasteiger partial charge in [0.2, 0.25) is 3.12 Å². The molecule has 0 N–H and O–H groups in total. The minimum absolute atomic E-state index is 0.179. The summed E-state index contributed by atoms with van der Waals surface area (Å²) in [6.45, 7) is 6.69. The number of alkyl halides is 3. The van der Waals surface area contributed by atoms with Crippen molar-refractivity contribution in [3.05, 3.63) is 0 Å². The van der Waals surface area contributed by atoms with Gasteiger partial charge in [0.15, 0.2) is 0 Å². The van der Waals surface area contributed by atoms with E-state index in [-0.39, 0.29) is 4.75 Å². The summed E-state index contributed by atoms with van der Waals surface area (Å²) in [6, 6.07) is 0. The monoisotopic (exact) mass is 350 g/mol. The van der Waals surface area contributed by atoms with Crippen LogP contribution in [0.5, 0.6) is 0 Å². The molecule has 0 saturated heterocycles. The first kappa shape index (κ1) is 19.6. The minimum atomic E-state index is -1.21. The summed E-state index contributed by atoms with van der Waals surface area (Å²) in [5, 5.41) is 0. The van der Waals surface area contributed by atoms with Crippen LogP contribution in [-0.4, -0.2) is 7.87 Å². The molecule has 110 valence electrons. The lowest BCUT2D eigenvalue weighted by Crippen LogP contribution is -2.13. The zero-order chi connectivity index (χ0) is 14.1. The Kier molecular flexibility index (Phi) is 11.2. The summed E-state index contributed by atoms with van der Waals surface area (Å²) < 4.78 is -1.03. The number of unbranched alkanes of at least 4 members (excludes halogenated alkanes) is 6. The molecule has 0 radical (unpaired) electrons. The third-order valence-electron chi connectivity index (χ3n) is 2.74. The predicted molar refractivity (Wildman–Crippen MR) is 92.2 cm³/mol. The zero-order valence-electron chi connectivity index (χ0n) is 11.6. The summed E-state index contributed by atoms with van der Waals surface area (Å²) in [5.41, 5.74) is 0. The van der Waals surface area contributed by atoms with Crippen LogP contribution in [0.2, 0.25) is 0 Å². The number of hydrogen-bond donors (Lipinski definition) is 0. The smallest absolute Gasteiger partial charge is 0.0836 e. The molecule has 0 unspecified atom stereocenters. The third kappa shape index (κ3) is 14.0. The van der Waals surface area contributed by atoms with Crippen LogP contribution in [0.1, 0.15) is 72.1 Å². The summed E-state index contributed by atoms with van der Waals surface area (Å²) in [6.07, 6.45) is 10.6. The van der Waals surface area contributed by atoms with Gasteiger partial charge < -0.3 is 0 Å². The molecule has 0 fully saturated rings. The van der Waals surface area contributed by atoms with Gasteiger partial charge in [-0.3, -0.25) is 0 Å². The molecule has 5 heteroatoms. The van der Waals surface area contributed by atoms with Gasteiger partial charge in [0, 0.05) is 4.75 Å². The topological polar surface area (TPSA) is 0 Å². The van der Waals surface area contributed by atoms with E-state index in [1.54, 1.807) is 10.8 Å². The fourth-order valence-electron chi connectivity index (χ4n) is 1.71. The van der Waals surface area contributed by atoms with Gasteiger partial charge in [-0.1, -0.05) is 97.5 Å². The van der Waals surface area contributed by atoms with Crippen molar-refractivity contribution in [2.45, 2.75) is 80.0 Å². The van der Waals surface area contributed by atoms with Gasteiger partial charge in [-0.05, 0) is 31.1 Å². The molecule has 0 aliphatic rings. The fourth-order valence-corrected chi connectivity index (χ4v) is 4.32.